The van der Waals surface area contributed by atoms with Gasteiger partial charge in [0.25, 0.3) is 5.91 Å². The van der Waals surface area contributed by atoms with Gasteiger partial charge in [-0.3, -0.25) is 14.5 Å². The largest absolute Gasteiger partial charge is 0.481 e. The Bertz CT molecular complexity index is 593. The molecule has 1 N–H and O–H groups in total. The molecule has 1 saturated heterocycles. The number of nitrogens with zero attached hydrogens (tertiary/aromatic N) is 1. The number of rotatable bonds is 4. The summed E-state index contributed by atoms with van der Waals surface area (Å²) >= 11 is 6.33. The highest BCUT2D eigenvalue weighted by Gasteiger charge is 2.31. The first-order valence-corrected chi connectivity index (χ1v) is 7.23. The van der Waals surface area contributed by atoms with Crippen LogP contribution >= 0.6 is 24.0 Å². The van der Waals surface area contributed by atoms with Crippen LogP contribution in [0.15, 0.2) is 29.2 Å². The topological polar surface area (TPSA) is 57.6 Å². The second kappa shape index (κ2) is 6.19. The minimum atomic E-state index is -0.943. The van der Waals surface area contributed by atoms with Gasteiger partial charge in [0.15, 0.2) is 0 Å². The summed E-state index contributed by atoms with van der Waals surface area (Å²) in [6.07, 6.45) is 1.67. The Hall–Kier alpha value is -1.66. The van der Waals surface area contributed by atoms with Gasteiger partial charge in [-0.15, -0.1) is 0 Å². The molecule has 1 aromatic carbocycles. The van der Waals surface area contributed by atoms with Gasteiger partial charge < -0.3 is 5.11 Å². The lowest BCUT2D eigenvalue weighted by Crippen LogP contribution is -2.30. The van der Waals surface area contributed by atoms with Crippen LogP contribution in [0, 0.1) is 6.92 Å². The molecule has 1 fully saturated rings. The summed E-state index contributed by atoms with van der Waals surface area (Å²) in [5.74, 6) is -1.16. The lowest BCUT2D eigenvalue weighted by Gasteiger charge is -2.12. The fourth-order valence-corrected chi connectivity index (χ4v) is 3.02. The van der Waals surface area contributed by atoms with Crippen LogP contribution in [-0.2, 0) is 9.59 Å². The molecular weight excluding hydrogens is 294 g/mol. The number of hydrogen-bond acceptors (Lipinski definition) is 4. The molecule has 20 heavy (non-hydrogen) atoms. The van der Waals surface area contributed by atoms with Gasteiger partial charge in [-0.1, -0.05) is 53.8 Å². The zero-order valence-corrected chi connectivity index (χ0v) is 12.5. The molecule has 1 aromatic rings. The minimum absolute atomic E-state index is 0.107. The first kappa shape index (κ1) is 14.7. The normalized spacial score (nSPS) is 17.1. The third-order valence-corrected chi connectivity index (χ3v) is 4.18. The minimum Gasteiger partial charge on any atom is -0.481 e. The lowest BCUT2D eigenvalue weighted by molar-refractivity contribution is -0.137. The number of carboxylic acids is 1. The van der Waals surface area contributed by atoms with Crippen LogP contribution in [0.3, 0.4) is 0 Å². The molecule has 0 saturated carbocycles. The van der Waals surface area contributed by atoms with Crippen LogP contribution < -0.4 is 0 Å². The van der Waals surface area contributed by atoms with Gasteiger partial charge in [-0.25, -0.2) is 0 Å². The van der Waals surface area contributed by atoms with E-state index in [2.05, 4.69) is 0 Å². The van der Waals surface area contributed by atoms with Crippen LogP contribution in [0.2, 0.25) is 0 Å². The SMILES string of the molecule is Cc1ccc(C=C2SC(=S)N(CCC(=O)O)C2=O)cc1. The first-order valence-electron chi connectivity index (χ1n) is 6.01. The maximum Gasteiger partial charge on any atom is 0.305 e. The number of hydrogen-bond donors (Lipinski definition) is 1. The third kappa shape index (κ3) is 3.46. The molecule has 1 aliphatic heterocycles. The highest BCUT2D eigenvalue weighted by molar-refractivity contribution is 8.26. The van der Waals surface area contributed by atoms with E-state index in [0.717, 1.165) is 11.1 Å². The summed E-state index contributed by atoms with van der Waals surface area (Å²) < 4.78 is 0.412. The molecule has 1 aliphatic rings. The Morgan fingerprint density at radius 2 is 2.05 bits per heavy atom. The van der Waals surface area contributed by atoms with Gasteiger partial charge in [0.2, 0.25) is 0 Å². The van der Waals surface area contributed by atoms with Gasteiger partial charge in [0.05, 0.1) is 11.3 Å². The number of benzene rings is 1. The van der Waals surface area contributed by atoms with Crippen LogP contribution in [0.25, 0.3) is 6.08 Å². The number of carboxylic acid groups (broad SMARTS) is 1. The number of carbonyl (C=O) groups excluding carboxylic acids is 1. The Morgan fingerprint density at radius 1 is 1.40 bits per heavy atom. The van der Waals surface area contributed by atoms with Crippen LogP contribution in [0.5, 0.6) is 0 Å². The number of carbonyl (C=O) groups is 2. The van der Waals surface area contributed by atoms with Crippen molar-refractivity contribution in [2.75, 3.05) is 6.54 Å². The van der Waals surface area contributed by atoms with E-state index in [1.807, 2.05) is 31.2 Å². The van der Waals surface area contributed by atoms with Crippen molar-refractivity contribution in [2.24, 2.45) is 0 Å². The predicted octanol–water partition coefficient (Wildman–Crippen LogP) is 2.67. The average Bonchev–Trinajstić information content (AvgIpc) is 2.65. The molecule has 104 valence electrons. The van der Waals surface area contributed by atoms with Gasteiger partial charge in [0, 0.05) is 6.54 Å². The highest BCUT2D eigenvalue weighted by atomic mass is 32.2. The second-order valence-electron chi connectivity index (χ2n) is 4.39. The van der Waals surface area contributed by atoms with E-state index < -0.39 is 5.97 Å². The van der Waals surface area contributed by atoms with Crippen LogP contribution in [-0.4, -0.2) is 32.7 Å². The monoisotopic (exact) mass is 307 g/mol. The van der Waals surface area contributed by atoms with E-state index >= 15 is 0 Å². The van der Waals surface area contributed by atoms with Crippen molar-refractivity contribution in [2.45, 2.75) is 13.3 Å². The standard InChI is InChI=1S/C14H13NO3S2/c1-9-2-4-10(5-3-9)8-11-13(18)15(14(19)20-11)7-6-12(16)17/h2-5,8H,6-7H2,1H3,(H,16,17). The molecule has 0 aliphatic carbocycles. The molecule has 0 radical (unpaired) electrons. The van der Waals surface area contributed by atoms with Crippen molar-refractivity contribution in [1.29, 1.82) is 0 Å². The number of thiocarbonyl (C=S) groups is 1. The number of aryl methyl sites for hydroxylation is 1. The molecule has 0 aromatic heterocycles. The van der Waals surface area contributed by atoms with Crippen molar-refractivity contribution in [1.82, 2.24) is 4.90 Å². The number of amides is 1. The molecule has 0 unspecified atom stereocenters. The van der Waals surface area contributed by atoms with E-state index in [-0.39, 0.29) is 18.9 Å². The first-order chi connectivity index (χ1) is 9.47. The number of thioether (sulfide) groups is 1. The summed E-state index contributed by atoms with van der Waals surface area (Å²) in [6.45, 7) is 2.11. The molecule has 0 spiro atoms. The fourth-order valence-electron chi connectivity index (χ4n) is 1.71. The highest BCUT2D eigenvalue weighted by Crippen LogP contribution is 2.32. The predicted molar refractivity (Wildman–Crippen MR) is 83.3 cm³/mol. The fraction of sp³-hybridized carbons (Fsp3) is 0.214. The average molecular weight is 307 g/mol. The molecule has 1 heterocycles. The van der Waals surface area contributed by atoms with Gasteiger partial charge >= 0.3 is 5.97 Å². The molecule has 2 rings (SSSR count). The maximum absolute atomic E-state index is 12.2. The van der Waals surface area contributed by atoms with E-state index in [1.165, 1.54) is 16.7 Å². The zero-order valence-electron chi connectivity index (χ0n) is 10.8. The van der Waals surface area contributed by atoms with E-state index in [1.54, 1.807) is 6.08 Å². The van der Waals surface area contributed by atoms with Crippen molar-refractivity contribution in [3.63, 3.8) is 0 Å². The van der Waals surface area contributed by atoms with Crippen molar-refractivity contribution in [3.8, 4) is 0 Å². The maximum atomic E-state index is 12.2. The molecule has 0 bridgehead atoms. The zero-order chi connectivity index (χ0) is 14.7. The molecule has 6 heteroatoms. The summed E-state index contributed by atoms with van der Waals surface area (Å²) in [4.78, 5) is 24.6. The van der Waals surface area contributed by atoms with Crippen molar-refractivity contribution >= 4 is 46.3 Å². The van der Waals surface area contributed by atoms with Crippen molar-refractivity contribution in [3.05, 3.63) is 40.3 Å². The third-order valence-electron chi connectivity index (χ3n) is 2.80. The molecule has 1 amide bonds. The Kier molecular flexibility index (Phi) is 4.57. The van der Waals surface area contributed by atoms with Gasteiger partial charge in [-0.05, 0) is 18.6 Å². The quantitative estimate of drug-likeness (QED) is 0.684. The lowest BCUT2D eigenvalue weighted by atomic mass is 10.1. The summed E-state index contributed by atoms with van der Waals surface area (Å²) in [5.41, 5.74) is 2.07. The molecule has 0 atom stereocenters. The molecule has 4 nitrogen and oxygen atoms in total. The number of aliphatic carboxylic acids is 1. The van der Waals surface area contributed by atoms with Crippen LogP contribution in [0.1, 0.15) is 17.5 Å². The Morgan fingerprint density at radius 3 is 2.65 bits per heavy atom. The van der Waals surface area contributed by atoms with Gasteiger partial charge in [-0.2, -0.15) is 0 Å². The summed E-state index contributed by atoms with van der Waals surface area (Å²) in [5, 5.41) is 8.67. The molecular formula is C14H13NO3S2. The second-order valence-corrected chi connectivity index (χ2v) is 6.06. The van der Waals surface area contributed by atoms with E-state index in [0.29, 0.717) is 9.23 Å². The van der Waals surface area contributed by atoms with Crippen LogP contribution in [0.4, 0.5) is 0 Å². The Balaban J connectivity index is 2.14. The van der Waals surface area contributed by atoms with Gasteiger partial charge in [0.1, 0.15) is 4.32 Å². The van der Waals surface area contributed by atoms with Crippen molar-refractivity contribution < 1.29 is 14.7 Å². The summed E-state index contributed by atoms with van der Waals surface area (Å²) in [6, 6.07) is 7.80. The smallest absolute Gasteiger partial charge is 0.305 e. The van der Waals surface area contributed by atoms with E-state index in [9.17, 15) is 9.59 Å². The Labute approximate surface area is 126 Å². The summed E-state index contributed by atoms with van der Waals surface area (Å²) in [7, 11) is 0. The van der Waals surface area contributed by atoms with E-state index in [4.69, 9.17) is 17.3 Å².